The van der Waals surface area contributed by atoms with Crippen LogP contribution in [-0.2, 0) is 4.74 Å². The fraction of sp³-hybridized carbons (Fsp3) is 0.654. The quantitative estimate of drug-likeness (QED) is 0.288. The number of nitrogens with zero attached hydrogens (tertiary/aromatic N) is 5. The van der Waals surface area contributed by atoms with Gasteiger partial charge in [-0.05, 0) is 0 Å². The van der Waals surface area contributed by atoms with Gasteiger partial charge in [0.15, 0.2) is 0 Å². The van der Waals surface area contributed by atoms with Crippen molar-refractivity contribution in [3.63, 3.8) is 0 Å². The molecule has 0 unspecified atom stereocenters. The first-order valence-electron chi connectivity index (χ1n) is 13.4. The van der Waals surface area contributed by atoms with E-state index in [2.05, 4.69) is 43.4 Å². The molecule has 4 fully saturated rings. The van der Waals surface area contributed by atoms with E-state index in [1.54, 1.807) is 11.9 Å². The van der Waals surface area contributed by atoms with E-state index in [0.29, 0.717) is 15.9 Å². The number of fused-ring (bicyclic) bond motifs is 1. The van der Waals surface area contributed by atoms with Crippen LogP contribution in [0, 0.1) is 5.41 Å². The van der Waals surface area contributed by atoms with Gasteiger partial charge in [0.1, 0.15) is 0 Å². The number of alkyl halides is 2. The van der Waals surface area contributed by atoms with Gasteiger partial charge in [0.05, 0.1) is 0 Å². The van der Waals surface area contributed by atoms with E-state index in [1.165, 1.54) is 12.8 Å². The Kier molecular flexibility index (Phi) is 6.89. The topological polar surface area (TPSA) is 67.6 Å². The third-order valence-corrected chi connectivity index (χ3v) is 11.0. The van der Waals surface area contributed by atoms with Crippen molar-refractivity contribution in [1.82, 2.24) is 24.5 Å². The summed E-state index contributed by atoms with van der Waals surface area (Å²) in [6, 6.07) is 4.40. The van der Waals surface area contributed by atoms with Crippen LogP contribution in [-0.4, -0.2) is 66.2 Å². The molecule has 2 aliphatic carbocycles. The number of ether oxygens (including phenoxy) is 1. The Hall–Kier alpha value is -1.52. The van der Waals surface area contributed by atoms with E-state index in [-0.39, 0.29) is 10.1 Å². The monoisotopic (exact) mass is 596 g/mol. The summed E-state index contributed by atoms with van der Waals surface area (Å²) >= 11 is 1.09. The van der Waals surface area contributed by atoms with E-state index >= 15 is 0 Å². The van der Waals surface area contributed by atoms with Crippen molar-refractivity contribution in [3.05, 3.63) is 22.4 Å². The van der Waals surface area contributed by atoms with Crippen molar-refractivity contribution in [2.75, 3.05) is 31.2 Å². The van der Waals surface area contributed by atoms with Crippen LogP contribution in [0.3, 0.4) is 0 Å². The molecule has 2 saturated carbocycles. The summed E-state index contributed by atoms with van der Waals surface area (Å²) in [5.74, 6) is 1.46. The molecular formula is C26H34F2N6OSSe. The van der Waals surface area contributed by atoms with Gasteiger partial charge in [-0.1, -0.05) is 13.8 Å². The molecule has 4 aliphatic rings. The molecule has 0 amide bonds. The summed E-state index contributed by atoms with van der Waals surface area (Å²) in [5.41, 5.74) is 3.45. The van der Waals surface area contributed by atoms with E-state index in [1.807, 2.05) is 13.8 Å². The van der Waals surface area contributed by atoms with Gasteiger partial charge >= 0.3 is 213 Å². The number of nitrogens with one attached hydrogen (secondary N) is 1. The second-order valence-corrected chi connectivity index (χ2v) is 13.9. The predicted molar refractivity (Wildman–Crippen MR) is 143 cm³/mol. The van der Waals surface area contributed by atoms with E-state index in [9.17, 15) is 8.78 Å². The van der Waals surface area contributed by atoms with Crippen LogP contribution in [0.2, 0.25) is 0 Å². The van der Waals surface area contributed by atoms with Gasteiger partial charge in [0.2, 0.25) is 0 Å². The molecule has 11 heteroatoms. The molecule has 1 spiro atoms. The summed E-state index contributed by atoms with van der Waals surface area (Å²) < 4.78 is 38.6. The van der Waals surface area contributed by atoms with Crippen molar-refractivity contribution in [2.45, 2.75) is 82.1 Å². The predicted octanol–water partition coefficient (Wildman–Crippen LogP) is 5.46. The summed E-state index contributed by atoms with van der Waals surface area (Å²) in [6.07, 6.45) is 4.22. The molecule has 1 N–H and O–H groups in total. The van der Waals surface area contributed by atoms with Crippen molar-refractivity contribution >= 4 is 37.8 Å². The molecule has 2 saturated heterocycles. The molecule has 3 aromatic heterocycles. The van der Waals surface area contributed by atoms with E-state index in [0.717, 1.165) is 79.5 Å². The number of hydrogen-bond acceptors (Lipinski definition) is 7. The minimum atomic E-state index is -2.55. The first-order chi connectivity index (χ1) is 17.9. The molecular weight excluding hydrogens is 561 g/mol. The van der Waals surface area contributed by atoms with Gasteiger partial charge in [-0.25, -0.2) is 0 Å². The van der Waals surface area contributed by atoms with Crippen LogP contribution in [0.15, 0.2) is 17.0 Å². The summed E-state index contributed by atoms with van der Waals surface area (Å²) in [4.78, 5) is 3.56. The van der Waals surface area contributed by atoms with Crippen LogP contribution in [0.1, 0.15) is 81.9 Å². The fourth-order valence-electron chi connectivity index (χ4n) is 5.05. The number of hydrogen-bond donors (Lipinski definition) is 1. The minimum absolute atomic E-state index is 0.0910. The van der Waals surface area contributed by atoms with E-state index in [4.69, 9.17) is 9.84 Å². The normalized spacial score (nSPS) is 21.7. The van der Waals surface area contributed by atoms with Crippen LogP contribution >= 0.6 is 11.9 Å². The molecule has 3 aromatic rings. The maximum atomic E-state index is 13.4. The summed E-state index contributed by atoms with van der Waals surface area (Å²) in [7, 11) is 0. The first-order valence-corrected chi connectivity index (χ1v) is 15.9. The Balaban J connectivity index is 0.00000123. The van der Waals surface area contributed by atoms with Gasteiger partial charge in [-0.2, -0.15) is 0 Å². The number of rotatable bonds is 7. The molecule has 7 rings (SSSR count). The van der Waals surface area contributed by atoms with Gasteiger partial charge in [0.25, 0.3) is 0 Å². The van der Waals surface area contributed by atoms with Crippen molar-refractivity contribution < 1.29 is 13.5 Å². The second kappa shape index (κ2) is 9.90. The van der Waals surface area contributed by atoms with E-state index < -0.39 is 20.9 Å². The average Bonchev–Trinajstić information content (AvgIpc) is 3.78. The molecule has 0 atom stereocenters. The molecule has 0 bridgehead atoms. The zero-order chi connectivity index (χ0) is 25.8. The molecule has 5 heterocycles. The Labute approximate surface area is 226 Å². The van der Waals surface area contributed by atoms with Crippen LogP contribution in [0.4, 0.5) is 14.6 Å². The second-order valence-electron chi connectivity index (χ2n) is 10.9. The van der Waals surface area contributed by atoms with Crippen molar-refractivity contribution in [2.24, 2.45) is 5.41 Å². The van der Waals surface area contributed by atoms with Gasteiger partial charge in [-0.3, -0.25) is 0 Å². The number of aromatic nitrogens is 4. The van der Waals surface area contributed by atoms with Crippen LogP contribution in [0.5, 0.6) is 0 Å². The van der Waals surface area contributed by atoms with Crippen molar-refractivity contribution in [3.8, 4) is 10.1 Å². The zero-order valence-corrected chi connectivity index (χ0v) is 24.1. The fourth-order valence-corrected chi connectivity index (χ4v) is 7.55. The first kappa shape index (κ1) is 25.7. The molecule has 0 aromatic carbocycles. The Morgan fingerprint density at radius 1 is 1.11 bits per heavy atom. The SMILES string of the molecule is CC.CC1(NSc2cc(N3CCC4(CC3)COC4)n3nc(C4CC4)c(-c4nnc(C(F)F)[se]4)c3c2)CC1. The summed E-state index contributed by atoms with van der Waals surface area (Å²) in [6.45, 7) is 9.94. The third kappa shape index (κ3) is 4.98. The summed E-state index contributed by atoms with van der Waals surface area (Å²) in [5, 5.41) is 13.2. The van der Waals surface area contributed by atoms with Gasteiger partial charge in [0, 0.05) is 0 Å². The molecule has 200 valence electrons. The number of anilines is 1. The number of halogens is 2. The third-order valence-electron chi connectivity index (χ3n) is 7.90. The Morgan fingerprint density at radius 3 is 2.41 bits per heavy atom. The Morgan fingerprint density at radius 2 is 1.84 bits per heavy atom. The Bertz CT molecular complexity index is 1270. The van der Waals surface area contributed by atoms with Crippen LogP contribution in [0.25, 0.3) is 15.6 Å². The zero-order valence-electron chi connectivity index (χ0n) is 21.6. The number of piperidine rings is 1. The van der Waals surface area contributed by atoms with Gasteiger partial charge in [-0.15, -0.1) is 0 Å². The van der Waals surface area contributed by atoms with Gasteiger partial charge < -0.3 is 0 Å². The standard InChI is InChI=1S/C24H28F2N6OSSe.C2H6/c1-23(4-5-23)30-34-15-10-16-18(21-27-28-22(35-21)20(25)26)19(14-2-3-14)29-32(16)17(11-15)31-8-6-24(7-9-31)12-33-13-24;1-2/h10-11,14,20,30H,2-9,12-13H2,1H3;1-2H3. The molecule has 2 aliphatic heterocycles. The number of pyridine rings is 1. The maximum absolute atomic E-state index is 13.4. The average molecular weight is 596 g/mol. The molecule has 7 nitrogen and oxygen atoms in total. The van der Waals surface area contributed by atoms with Crippen LogP contribution < -0.4 is 9.62 Å². The molecule has 37 heavy (non-hydrogen) atoms. The molecule has 0 radical (unpaired) electrons. The van der Waals surface area contributed by atoms with Crippen molar-refractivity contribution in [1.29, 1.82) is 0 Å².